The molecule has 88 valence electrons. The number of hydrogen-bond donors (Lipinski definition) is 1. The van der Waals surface area contributed by atoms with Gasteiger partial charge in [-0.3, -0.25) is 9.59 Å². The number of carbonyl (C=O) groups excluding carboxylic acids is 2. The third kappa shape index (κ3) is 6.94. The van der Waals surface area contributed by atoms with Crippen molar-refractivity contribution in [1.29, 1.82) is 0 Å². The van der Waals surface area contributed by atoms with Crippen LogP contribution >= 0.6 is 0 Å². The van der Waals surface area contributed by atoms with Crippen LogP contribution in [0.5, 0.6) is 0 Å². The highest BCUT2D eigenvalue weighted by Gasteiger charge is 2.19. The normalized spacial score (nSPS) is 12.1. The zero-order chi connectivity index (χ0) is 11.7. The van der Waals surface area contributed by atoms with Crippen LogP contribution in [0.15, 0.2) is 0 Å². The molecule has 4 nitrogen and oxygen atoms in total. The van der Waals surface area contributed by atoms with E-state index in [0.29, 0.717) is 6.42 Å². The number of methoxy groups -OCH3 is 1. The molecule has 0 bridgehead atoms. The maximum atomic E-state index is 11.0. The van der Waals surface area contributed by atoms with Crippen LogP contribution in [-0.2, 0) is 14.3 Å². The molecule has 0 aliphatic rings. The molecular weight excluding hydrogens is 194 g/mol. The lowest BCUT2D eigenvalue weighted by Crippen LogP contribution is -2.26. The van der Waals surface area contributed by atoms with Gasteiger partial charge in [0.1, 0.15) is 0 Å². The molecule has 0 radical (unpaired) electrons. The number of esters is 1. The maximum Gasteiger partial charge on any atom is 0.306 e. The van der Waals surface area contributed by atoms with Crippen LogP contribution in [0.2, 0.25) is 0 Å². The van der Waals surface area contributed by atoms with E-state index in [2.05, 4.69) is 11.7 Å². The van der Waals surface area contributed by atoms with E-state index in [9.17, 15) is 9.59 Å². The Balaban J connectivity index is 3.84. The fraction of sp³-hybridized carbons (Fsp3) is 0.818. The van der Waals surface area contributed by atoms with Crippen LogP contribution in [0.25, 0.3) is 0 Å². The number of carbonyl (C=O) groups is 2. The van der Waals surface area contributed by atoms with E-state index in [1.54, 1.807) is 0 Å². The first-order valence-electron chi connectivity index (χ1n) is 5.48. The molecular formula is C11H21NO3. The molecule has 0 spiro atoms. The second-order valence-electron chi connectivity index (χ2n) is 3.73. The van der Waals surface area contributed by atoms with E-state index < -0.39 is 5.91 Å². The summed E-state index contributed by atoms with van der Waals surface area (Å²) in [6, 6.07) is 0. The van der Waals surface area contributed by atoms with Gasteiger partial charge in [-0.1, -0.05) is 32.6 Å². The number of rotatable bonds is 8. The van der Waals surface area contributed by atoms with Crippen LogP contribution < -0.4 is 5.73 Å². The molecule has 0 heterocycles. The topological polar surface area (TPSA) is 69.4 Å². The zero-order valence-electron chi connectivity index (χ0n) is 9.62. The smallest absolute Gasteiger partial charge is 0.306 e. The Hall–Kier alpha value is -1.06. The van der Waals surface area contributed by atoms with Gasteiger partial charge in [0.2, 0.25) is 5.91 Å². The van der Waals surface area contributed by atoms with Crippen LogP contribution in [0, 0.1) is 5.92 Å². The standard InChI is InChI=1S/C11H21NO3/c1-3-4-5-6-7-9(11(12)14)8-10(13)15-2/h9H,3-8H2,1-2H3,(H2,12,14). The predicted octanol–water partition coefficient (Wildman–Crippen LogP) is 1.62. The molecule has 0 aliphatic carbocycles. The molecule has 1 atom stereocenters. The highest BCUT2D eigenvalue weighted by molar-refractivity contribution is 5.82. The summed E-state index contributed by atoms with van der Waals surface area (Å²) in [5, 5.41) is 0. The molecule has 0 fully saturated rings. The first kappa shape index (κ1) is 13.9. The highest BCUT2D eigenvalue weighted by atomic mass is 16.5. The molecule has 0 rings (SSSR count). The Morgan fingerprint density at radius 3 is 2.40 bits per heavy atom. The minimum Gasteiger partial charge on any atom is -0.469 e. The van der Waals surface area contributed by atoms with E-state index in [0.717, 1.165) is 25.7 Å². The molecule has 4 heteroatoms. The fourth-order valence-corrected chi connectivity index (χ4v) is 1.45. The van der Waals surface area contributed by atoms with Crippen LogP contribution in [0.4, 0.5) is 0 Å². The van der Waals surface area contributed by atoms with Crippen molar-refractivity contribution in [1.82, 2.24) is 0 Å². The monoisotopic (exact) mass is 215 g/mol. The Labute approximate surface area is 91.2 Å². The van der Waals surface area contributed by atoms with E-state index in [1.165, 1.54) is 7.11 Å². The minimum absolute atomic E-state index is 0.109. The maximum absolute atomic E-state index is 11.0. The summed E-state index contributed by atoms with van der Waals surface area (Å²) in [7, 11) is 1.32. The van der Waals surface area contributed by atoms with Gasteiger partial charge in [0, 0.05) is 5.92 Å². The van der Waals surface area contributed by atoms with E-state index in [4.69, 9.17) is 5.73 Å². The number of amides is 1. The molecule has 1 unspecified atom stereocenters. The summed E-state index contributed by atoms with van der Waals surface area (Å²) in [6.07, 6.45) is 5.13. The van der Waals surface area contributed by atoms with Gasteiger partial charge in [0.05, 0.1) is 13.5 Å². The van der Waals surface area contributed by atoms with Gasteiger partial charge in [-0.2, -0.15) is 0 Å². The fourth-order valence-electron chi connectivity index (χ4n) is 1.45. The third-order valence-electron chi connectivity index (χ3n) is 2.45. The first-order valence-corrected chi connectivity index (χ1v) is 5.48. The highest BCUT2D eigenvalue weighted by Crippen LogP contribution is 2.14. The average molecular weight is 215 g/mol. The second-order valence-corrected chi connectivity index (χ2v) is 3.73. The summed E-state index contributed by atoms with van der Waals surface area (Å²) in [4.78, 5) is 22.0. The van der Waals surface area contributed by atoms with Crippen molar-refractivity contribution in [3.63, 3.8) is 0 Å². The van der Waals surface area contributed by atoms with Crippen molar-refractivity contribution in [2.75, 3.05) is 7.11 Å². The zero-order valence-corrected chi connectivity index (χ0v) is 9.62. The molecule has 15 heavy (non-hydrogen) atoms. The van der Waals surface area contributed by atoms with Gasteiger partial charge in [0.25, 0.3) is 0 Å². The van der Waals surface area contributed by atoms with Gasteiger partial charge < -0.3 is 10.5 Å². The lowest BCUT2D eigenvalue weighted by atomic mass is 9.97. The number of hydrogen-bond acceptors (Lipinski definition) is 3. The quantitative estimate of drug-likeness (QED) is 0.494. The van der Waals surface area contributed by atoms with Crippen molar-refractivity contribution in [2.45, 2.75) is 45.4 Å². The molecule has 0 aliphatic heterocycles. The van der Waals surface area contributed by atoms with E-state index >= 15 is 0 Å². The number of unbranched alkanes of at least 4 members (excludes halogenated alkanes) is 3. The van der Waals surface area contributed by atoms with Gasteiger partial charge in [-0.15, -0.1) is 0 Å². The summed E-state index contributed by atoms with van der Waals surface area (Å²) in [6.45, 7) is 2.13. The van der Waals surface area contributed by atoms with Crippen LogP contribution in [-0.4, -0.2) is 19.0 Å². The molecule has 2 N–H and O–H groups in total. The Bertz CT molecular complexity index is 204. The molecule has 1 amide bonds. The molecule has 0 saturated heterocycles. The number of primary amides is 1. The molecule has 0 saturated carbocycles. The third-order valence-corrected chi connectivity index (χ3v) is 2.45. The van der Waals surface area contributed by atoms with Crippen LogP contribution in [0.1, 0.15) is 45.4 Å². The SMILES string of the molecule is CCCCCCC(CC(=O)OC)C(N)=O. The lowest BCUT2D eigenvalue weighted by Gasteiger charge is -2.11. The summed E-state index contributed by atoms with van der Waals surface area (Å²) in [5.41, 5.74) is 5.21. The predicted molar refractivity (Wildman–Crippen MR) is 58.1 cm³/mol. The minimum atomic E-state index is -0.406. The Kier molecular flexibility index (Phi) is 7.68. The Morgan fingerprint density at radius 2 is 1.93 bits per heavy atom. The number of ether oxygens (including phenoxy) is 1. The van der Waals surface area contributed by atoms with Gasteiger partial charge in [-0.25, -0.2) is 0 Å². The summed E-state index contributed by atoms with van der Waals surface area (Å²) < 4.78 is 4.51. The number of nitrogens with two attached hydrogens (primary N) is 1. The van der Waals surface area contributed by atoms with Crippen LogP contribution in [0.3, 0.4) is 0 Å². The molecule has 0 aromatic rings. The van der Waals surface area contributed by atoms with Gasteiger partial charge in [-0.05, 0) is 6.42 Å². The average Bonchev–Trinajstić information content (AvgIpc) is 2.21. The molecule has 0 aromatic carbocycles. The summed E-state index contributed by atoms with van der Waals surface area (Å²) in [5.74, 6) is -1.14. The van der Waals surface area contributed by atoms with Crippen molar-refractivity contribution < 1.29 is 14.3 Å². The van der Waals surface area contributed by atoms with E-state index in [-0.39, 0.29) is 18.3 Å². The largest absolute Gasteiger partial charge is 0.469 e. The van der Waals surface area contributed by atoms with Crippen molar-refractivity contribution in [3.05, 3.63) is 0 Å². The molecule has 0 aromatic heterocycles. The van der Waals surface area contributed by atoms with Gasteiger partial charge in [0.15, 0.2) is 0 Å². The van der Waals surface area contributed by atoms with Crippen molar-refractivity contribution >= 4 is 11.9 Å². The Morgan fingerprint density at radius 1 is 1.27 bits per heavy atom. The van der Waals surface area contributed by atoms with E-state index in [1.807, 2.05) is 0 Å². The van der Waals surface area contributed by atoms with Crippen molar-refractivity contribution in [3.8, 4) is 0 Å². The van der Waals surface area contributed by atoms with Crippen molar-refractivity contribution in [2.24, 2.45) is 11.7 Å². The first-order chi connectivity index (χ1) is 7.11. The lowest BCUT2D eigenvalue weighted by molar-refractivity contribution is -0.143. The second kappa shape index (κ2) is 8.26. The summed E-state index contributed by atoms with van der Waals surface area (Å²) >= 11 is 0. The van der Waals surface area contributed by atoms with Gasteiger partial charge >= 0.3 is 5.97 Å².